The van der Waals surface area contributed by atoms with Gasteiger partial charge >= 0.3 is 5.97 Å². The van der Waals surface area contributed by atoms with E-state index in [1.54, 1.807) is 24.3 Å². The third-order valence-corrected chi connectivity index (χ3v) is 5.97. The molecule has 4 heteroatoms. The number of rotatable bonds is 23. The van der Waals surface area contributed by atoms with Gasteiger partial charge in [-0.3, -0.25) is 4.89 Å². The normalized spacial score (nSPS) is 11.0. The van der Waals surface area contributed by atoms with Gasteiger partial charge in [-0.2, -0.15) is 4.89 Å². The van der Waals surface area contributed by atoms with Crippen LogP contribution >= 0.6 is 0 Å². The molecule has 0 N–H and O–H groups in total. The van der Waals surface area contributed by atoms with Crippen LogP contribution in [0.2, 0.25) is 0 Å². The molecule has 0 aliphatic carbocycles. The number of carbonyl (C=O) groups excluding carboxylic acids is 1. The van der Waals surface area contributed by atoms with Gasteiger partial charge in [-0.25, -0.2) is 4.79 Å². The highest BCUT2D eigenvalue weighted by atomic mass is 17.2. The fourth-order valence-corrected chi connectivity index (χ4v) is 3.80. The van der Waals surface area contributed by atoms with Gasteiger partial charge in [0.2, 0.25) is 0 Å². The van der Waals surface area contributed by atoms with E-state index in [9.17, 15) is 4.79 Å². The first-order valence-corrected chi connectivity index (χ1v) is 13.6. The Hall–Kier alpha value is -1.55. The molecule has 4 nitrogen and oxygen atoms in total. The van der Waals surface area contributed by atoms with Gasteiger partial charge in [0.15, 0.2) is 0 Å². The Bertz CT molecular complexity index is 555. The molecule has 1 aromatic carbocycles. The summed E-state index contributed by atoms with van der Waals surface area (Å²) in [5, 5.41) is 0. The van der Waals surface area contributed by atoms with Gasteiger partial charge in [0.1, 0.15) is 5.75 Å². The molecule has 189 valence electrons. The number of unbranched alkanes of at least 4 members (excludes halogenated alkanes) is 16. The first-order chi connectivity index (χ1) is 16.3. The van der Waals surface area contributed by atoms with E-state index in [1.165, 1.54) is 83.5 Å². The van der Waals surface area contributed by atoms with Crippen molar-refractivity contribution in [2.75, 3.05) is 13.2 Å². The van der Waals surface area contributed by atoms with Gasteiger partial charge in [-0.05, 0) is 37.1 Å². The van der Waals surface area contributed by atoms with Gasteiger partial charge in [0.05, 0.1) is 18.8 Å². The second-order valence-electron chi connectivity index (χ2n) is 9.08. The summed E-state index contributed by atoms with van der Waals surface area (Å²) < 4.78 is 5.60. The van der Waals surface area contributed by atoms with Crippen molar-refractivity contribution in [3.8, 4) is 5.75 Å². The minimum absolute atomic E-state index is 0.454. The minimum Gasteiger partial charge on any atom is -0.494 e. The van der Waals surface area contributed by atoms with Gasteiger partial charge < -0.3 is 4.74 Å². The summed E-state index contributed by atoms with van der Waals surface area (Å²) in [5.41, 5.74) is 0.475. The molecule has 33 heavy (non-hydrogen) atoms. The van der Waals surface area contributed by atoms with Crippen molar-refractivity contribution in [1.29, 1.82) is 0 Å². The van der Waals surface area contributed by atoms with E-state index in [0.717, 1.165) is 37.9 Å². The fraction of sp³-hybridized carbons (Fsp3) is 0.724. The topological polar surface area (TPSA) is 44.8 Å². The van der Waals surface area contributed by atoms with Gasteiger partial charge in [-0.1, -0.05) is 117 Å². The zero-order chi connectivity index (χ0) is 23.8. The molecule has 0 spiro atoms. The van der Waals surface area contributed by atoms with Crippen LogP contribution in [0.3, 0.4) is 0 Å². The third kappa shape index (κ3) is 17.6. The third-order valence-electron chi connectivity index (χ3n) is 5.97. The van der Waals surface area contributed by atoms with E-state index in [-0.39, 0.29) is 0 Å². The molecule has 0 heterocycles. The Morgan fingerprint density at radius 3 is 1.64 bits per heavy atom. The Morgan fingerprint density at radius 1 is 0.667 bits per heavy atom. The maximum absolute atomic E-state index is 12.0. The average Bonchev–Trinajstić information content (AvgIpc) is 2.83. The molecule has 0 aromatic heterocycles. The van der Waals surface area contributed by atoms with Crippen molar-refractivity contribution < 1.29 is 19.3 Å². The van der Waals surface area contributed by atoms with Crippen LogP contribution in [0.4, 0.5) is 0 Å². The summed E-state index contributed by atoms with van der Waals surface area (Å²) >= 11 is 0. The second-order valence-corrected chi connectivity index (χ2v) is 9.08. The first kappa shape index (κ1) is 29.5. The zero-order valence-corrected chi connectivity index (χ0v) is 21.3. The summed E-state index contributed by atoms with van der Waals surface area (Å²) in [6.45, 7) is 7.18. The fourth-order valence-electron chi connectivity index (χ4n) is 3.80. The predicted octanol–water partition coefficient (Wildman–Crippen LogP) is 9.03. The van der Waals surface area contributed by atoms with Crippen LogP contribution < -0.4 is 4.74 Å². The largest absolute Gasteiger partial charge is 0.494 e. The predicted molar refractivity (Wildman–Crippen MR) is 137 cm³/mol. The second kappa shape index (κ2) is 22.3. The number of hydrogen-bond acceptors (Lipinski definition) is 4. The van der Waals surface area contributed by atoms with E-state index >= 15 is 0 Å². The lowest BCUT2D eigenvalue weighted by Gasteiger charge is -2.07. The highest BCUT2D eigenvalue weighted by Crippen LogP contribution is 2.15. The number of ether oxygens (including phenoxy) is 1. The molecule has 1 radical (unpaired) electrons. The Labute approximate surface area is 203 Å². The molecular formula is C29H49O4. The molecule has 0 amide bonds. The summed E-state index contributed by atoms with van der Waals surface area (Å²) in [7, 11) is 0. The molecule has 0 unspecified atom stereocenters. The minimum atomic E-state index is -0.454. The summed E-state index contributed by atoms with van der Waals surface area (Å²) in [6.07, 6.45) is 22.9. The maximum atomic E-state index is 12.0. The molecule has 0 fully saturated rings. The molecule has 0 bridgehead atoms. The number of carbonyl (C=O) groups is 1. The van der Waals surface area contributed by atoms with Crippen LogP contribution in [0.25, 0.3) is 0 Å². The molecule has 0 saturated carbocycles. The zero-order valence-electron chi connectivity index (χ0n) is 21.3. The number of hydrogen-bond donors (Lipinski definition) is 0. The summed E-state index contributed by atoms with van der Waals surface area (Å²) in [4.78, 5) is 22.0. The summed E-state index contributed by atoms with van der Waals surface area (Å²) in [6, 6.07) is 7.00. The van der Waals surface area contributed by atoms with Gasteiger partial charge in [-0.15, -0.1) is 0 Å². The lowest BCUT2D eigenvalue weighted by molar-refractivity contribution is -0.241. The van der Waals surface area contributed by atoms with E-state index in [4.69, 9.17) is 14.5 Å². The Balaban J connectivity index is 1.85. The van der Waals surface area contributed by atoms with E-state index < -0.39 is 5.97 Å². The van der Waals surface area contributed by atoms with Crippen molar-refractivity contribution >= 4 is 5.97 Å². The maximum Gasteiger partial charge on any atom is 0.373 e. The molecule has 0 aliphatic rings. The van der Waals surface area contributed by atoms with E-state index in [2.05, 4.69) is 13.8 Å². The molecule has 0 saturated heterocycles. The van der Waals surface area contributed by atoms with Gasteiger partial charge in [0, 0.05) is 0 Å². The van der Waals surface area contributed by atoms with Crippen LogP contribution in [0.5, 0.6) is 5.75 Å². The number of benzene rings is 1. The van der Waals surface area contributed by atoms with Crippen molar-refractivity contribution in [2.45, 2.75) is 122 Å². The van der Waals surface area contributed by atoms with E-state index in [0.29, 0.717) is 18.8 Å². The van der Waals surface area contributed by atoms with E-state index in [1.807, 2.05) is 0 Å². The van der Waals surface area contributed by atoms with Crippen molar-refractivity contribution in [3.63, 3.8) is 0 Å². The molecule has 1 aromatic rings. The highest BCUT2D eigenvalue weighted by molar-refractivity contribution is 5.89. The Kier molecular flexibility index (Phi) is 19.9. The average molecular weight is 462 g/mol. The smallest absolute Gasteiger partial charge is 0.373 e. The molecule has 0 atom stereocenters. The van der Waals surface area contributed by atoms with Gasteiger partial charge in [0.25, 0.3) is 0 Å². The monoisotopic (exact) mass is 461 g/mol. The first-order valence-electron chi connectivity index (χ1n) is 13.6. The molecule has 0 aliphatic heterocycles. The van der Waals surface area contributed by atoms with Crippen molar-refractivity contribution in [1.82, 2.24) is 0 Å². The Morgan fingerprint density at radius 2 is 1.15 bits per heavy atom. The lowest BCUT2D eigenvalue weighted by atomic mass is 10.0. The van der Waals surface area contributed by atoms with Crippen LogP contribution in [0, 0.1) is 6.92 Å². The van der Waals surface area contributed by atoms with Crippen molar-refractivity contribution in [3.05, 3.63) is 36.8 Å². The lowest BCUT2D eigenvalue weighted by Crippen LogP contribution is -2.07. The van der Waals surface area contributed by atoms with Crippen LogP contribution in [0.1, 0.15) is 133 Å². The summed E-state index contributed by atoms with van der Waals surface area (Å²) in [5.74, 6) is 0.316. The highest BCUT2D eigenvalue weighted by Gasteiger charge is 2.08. The quantitative estimate of drug-likeness (QED) is 0.0926. The van der Waals surface area contributed by atoms with Crippen LogP contribution in [0.15, 0.2) is 24.3 Å². The molecule has 1 rings (SSSR count). The van der Waals surface area contributed by atoms with Crippen molar-refractivity contribution in [2.24, 2.45) is 0 Å². The van der Waals surface area contributed by atoms with Crippen LogP contribution in [-0.4, -0.2) is 19.2 Å². The molecular weight excluding hydrogens is 412 g/mol. The van der Waals surface area contributed by atoms with Crippen LogP contribution in [-0.2, 0) is 9.78 Å². The standard InChI is InChI=1S/C29H49O4/c1-3-5-7-8-9-10-11-12-13-14-15-16-17-18-19-20-26-32-33-29(30)27-21-23-28(24-22-27)31-25-6-4-2/h21-24H,1,3-20,25-26H2,2H3. The SMILES string of the molecule is [CH2]CCCCCCCCCCCCCCCCCOOC(=O)c1ccc(OCCCC)cc1.